The Bertz CT molecular complexity index is 2410. The van der Waals surface area contributed by atoms with Crippen LogP contribution in [0.5, 0.6) is 11.5 Å². The van der Waals surface area contributed by atoms with Gasteiger partial charge in [-0.1, -0.05) is 0 Å². The number of hydrogen-bond acceptors (Lipinski definition) is 11. The monoisotopic (exact) mass is 791 g/mol. The molecule has 6 aromatic rings. The highest BCUT2D eigenvalue weighted by atomic mass is 16.5. The zero-order chi connectivity index (χ0) is 41.5. The van der Waals surface area contributed by atoms with Gasteiger partial charge in [-0.3, -0.25) is 19.2 Å². The summed E-state index contributed by atoms with van der Waals surface area (Å²) < 4.78 is 10.7. The van der Waals surface area contributed by atoms with Gasteiger partial charge < -0.3 is 55.4 Å². The zero-order valence-electron chi connectivity index (χ0n) is 34.2. The molecule has 306 valence electrons. The lowest BCUT2D eigenvalue weighted by atomic mass is 10.0. The van der Waals surface area contributed by atoms with Gasteiger partial charge in [0.25, 0.3) is 11.8 Å². The molecule has 0 saturated heterocycles. The van der Waals surface area contributed by atoms with Crippen LogP contribution in [0.2, 0.25) is 0 Å². The number of ether oxygens (including phenoxy) is 2. The van der Waals surface area contributed by atoms with E-state index in [1.54, 1.807) is 74.9 Å². The Morgan fingerprint density at radius 3 is 1.36 bits per heavy atom. The molecular weight excluding hydrogens is 739 g/mol. The third kappa shape index (κ3) is 9.17. The Balaban J connectivity index is 1.12. The third-order valence-electron chi connectivity index (χ3n) is 10.1. The summed E-state index contributed by atoms with van der Waals surface area (Å²) in [6, 6.07) is 17.5. The average molecular weight is 792 g/mol. The number of nitrogens with one attached hydrogen (secondary N) is 6. The zero-order valence-corrected chi connectivity index (χ0v) is 34.2. The number of anilines is 2. The summed E-state index contributed by atoms with van der Waals surface area (Å²) in [7, 11) is 12.9. The van der Waals surface area contributed by atoms with Crippen LogP contribution < -0.4 is 41.6 Å². The second-order valence-corrected chi connectivity index (χ2v) is 14.8. The quantitative estimate of drug-likeness (QED) is 0.0700. The van der Waals surface area contributed by atoms with Crippen LogP contribution in [0.1, 0.15) is 20.7 Å². The smallest absolute Gasteiger partial charge is 0.253 e. The molecule has 0 radical (unpaired) electrons. The standard InChI is InChI=1S/C43H53N9O6/c1-50(2)20-16-44-34-14-10-28(38-36(34)40(53)30-24-26(57-6)8-12-32(30)48-38)42(55)46-18-22-52(5)23-19-47-43(56)29-11-15-35(45-17-21-51(3)4)37-39(29)49-33-13-9-27(58-7)25-31(33)41(37)54/h8-15,24-25,44-45H,16-23H2,1-7H3,(H,46,55)(H,47,56)(H,48,53)(H,49,54). The number of methoxy groups -OCH3 is 2. The first-order valence-electron chi connectivity index (χ1n) is 19.3. The SMILES string of the molecule is COc1ccc2[nH]c3c(C(=O)NCCN(C)CCNC(=O)c4ccc(NCCN(C)C)c5c(=O)c6cc(OC)ccc6[nH]c45)ccc(NCCN(C)C)c3c(=O)c2c1. The van der Waals surface area contributed by atoms with E-state index in [0.717, 1.165) is 13.1 Å². The molecule has 6 rings (SSSR count). The molecule has 2 aromatic heterocycles. The summed E-state index contributed by atoms with van der Waals surface area (Å²) >= 11 is 0. The topological polar surface area (TPSA) is 176 Å². The minimum Gasteiger partial charge on any atom is -0.497 e. The van der Waals surface area contributed by atoms with E-state index in [1.807, 2.05) is 49.9 Å². The number of carbonyl (C=O) groups is 2. The number of fused-ring (bicyclic) bond motifs is 4. The van der Waals surface area contributed by atoms with Crippen molar-refractivity contribution in [2.75, 3.05) is 112 Å². The number of likely N-dealkylation sites (N-methyl/N-ethyl adjacent to an activating group) is 3. The second-order valence-electron chi connectivity index (χ2n) is 14.8. The number of H-pyrrole nitrogens is 2. The van der Waals surface area contributed by atoms with Crippen LogP contribution in [0.4, 0.5) is 11.4 Å². The minimum atomic E-state index is -0.318. The molecule has 6 N–H and O–H groups in total. The summed E-state index contributed by atoms with van der Waals surface area (Å²) in [5.41, 5.74) is 3.68. The number of nitrogens with zero attached hydrogens (tertiary/aromatic N) is 3. The first-order chi connectivity index (χ1) is 27.9. The fourth-order valence-electron chi connectivity index (χ4n) is 6.89. The molecule has 4 aromatic carbocycles. The summed E-state index contributed by atoms with van der Waals surface area (Å²) in [4.78, 5) is 67.8. The van der Waals surface area contributed by atoms with E-state index in [2.05, 4.69) is 31.2 Å². The number of pyridine rings is 2. The van der Waals surface area contributed by atoms with Gasteiger partial charge in [-0.2, -0.15) is 0 Å². The van der Waals surface area contributed by atoms with Crippen LogP contribution in [0.3, 0.4) is 0 Å². The van der Waals surface area contributed by atoms with Gasteiger partial charge in [0.15, 0.2) is 10.9 Å². The van der Waals surface area contributed by atoms with Gasteiger partial charge in [0.1, 0.15) is 11.5 Å². The number of aromatic amines is 2. The fourth-order valence-corrected chi connectivity index (χ4v) is 6.89. The first kappa shape index (κ1) is 41.5. The number of rotatable bonds is 18. The maximum Gasteiger partial charge on any atom is 0.253 e. The Morgan fingerprint density at radius 1 is 0.569 bits per heavy atom. The lowest BCUT2D eigenvalue weighted by Crippen LogP contribution is -2.37. The highest BCUT2D eigenvalue weighted by Gasteiger charge is 2.20. The highest BCUT2D eigenvalue weighted by molar-refractivity contribution is 6.12. The van der Waals surface area contributed by atoms with Crippen molar-refractivity contribution in [3.05, 3.63) is 92.2 Å². The largest absolute Gasteiger partial charge is 0.497 e. The predicted octanol–water partition coefficient (Wildman–Crippen LogP) is 3.73. The van der Waals surface area contributed by atoms with E-state index in [4.69, 9.17) is 9.47 Å². The van der Waals surface area contributed by atoms with Crippen molar-refractivity contribution >= 4 is 66.8 Å². The summed E-state index contributed by atoms with van der Waals surface area (Å²) in [5.74, 6) is 0.494. The second kappa shape index (κ2) is 18.4. The van der Waals surface area contributed by atoms with Crippen LogP contribution in [0.15, 0.2) is 70.3 Å². The predicted molar refractivity (Wildman–Crippen MR) is 234 cm³/mol. The Morgan fingerprint density at radius 2 is 0.983 bits per heavy atom. The van der Waals surface area contributed by atoms with E-state index in [0.29, 0.717) is 117 Å². The van der Waals surface area contributed by atoms with Gasteiger partial charge in [-0.05, 0) is 95.9 Å². The lowest BCUT2D eigenvalue weighted by Gasteiger charge is -2.19. The molecule has 15 nitrogen and oxygen atoms in total. The Kier molecular flexibility index (Phi) is 13.2. The van der Waals surface area contributed by atoms with Gasteiger partial charge in [0.05, 0.1) is 58.2 Å². The van der Waals surface area contributed by atoms with Gasteiger partial charge in [-0.25, -0.2) is 0 Å². The minimum absolute atomic E-state index is 0.201. The van der Waals surface area contributed by atoms with E-state index in [1.165, 1.54) is 0 Å². The normalized spacial score (nSPS) is 11.6. The van der Waals surface area contributed by atoms with Crippen LogP contribution in [0, 0.1) is 0 Å². The van der Waals surface area contributed by atoms with Crippen molar-refractivity contribution in [3.63, 3.8) is 0 Å². The van der Waals surface area contributed by atoms with Crippen molar-refractivity contribution in [1.29, 1.82) is 0 Å². The number of amides is 2. The van der Waals surface area contributed by atoms with Crippen LogP contribution >= 0.6 is 0 Å². The van der Waals surface area contributed by atoms with Crippen LogP contribution in [-0.2, 0) is 0 Å². The summed E-state index contributed by atoms with van der Waals surface area (Å²) in [6.07, 6.45) is 0. The summed E-state index contributed by atoms with van der Waals surface area (Å²) in [6.45, 7) is 4.40. The molecule has 0 aliphatic carbocycles. The third-order valence-corrected chi connectivity index (χ3v) is 10.1. The lowest BCUT2D eigenvalue weighted by molar-refractivity contribution is 0.0950. The van der Waals surface area contributed by atoms with Gasteiger partial charge in [0, 0.05) is 74.5 Å². The van der Waals surface area contributed by atoms with Gasteiger partial charge >= 0.3 is 0 Å². The molecule has 2 heterocycles. The fraction of sp³-hybridized carbons (Fsp3) is 0.349. The molecule has 0 saturated carbocycles. The number of hydrogen-bond donors (Lipinski definition) is 6. The molecule has 0 aliphatic rings. The first-order valence-corrected chi connectivity index (χ1v) is 19.3. The van der Waals surface area contributed by atoms with Gasteiger partial charge in [-0.15, -0.1) is 0 Å². The van der Waals surface area contributed by atoms with Crippen LogP contribution in [-0.4, -0.2) is 138 Å². The molecule has 0 aliphatic heterocycles. The summed E-state index contributed by atoms with van der Waals surface area (Å²) in [5, 5.41) is 14.5. The average Bonchev–Trinajstić information content (AvgIpc) is 3.20. The molecule has 0 atom stereocenters. The number of carbonyl (C=O) groups excluding carboxylic acids is 2. The number of aromatic nitrogens is 2. The Labute approximate surface area is 336 Å². The molecule has 0 fully saturated rings. The molecule has 15 heteroatoms. The Hall–Kier alpha value is -6.16. The number of benzene rings is 4. The van der Waals surface area contributed by atoms with E-state index < -0.39 is 0 Å². The molecule has 0 unspecified atom stereocenters. The van der Waals surface area contributed by atoms with Gasteiger partial charge in [0.2, 0.25) is 0 Å². The molecule has 0 bridgehead atoms. The van der Waals surface area contributed by atoms with Crippen molar-refractivity contribution in [1.82, 2.24) is 35.3 Å². The van der Waals surface area contributed by atoms with Crippen molar-refractivity contribution in [3.8, 4) is 11.5 Å². The van der Waals surface area contributed by atoms with E-state index in [9.17, 15) is 19.2 Å². The van der Waals surface area contributed by atoms with Crippen molar-refractivity contribution < 1.29 is 19.1 Å². The maximum absolute atomic E-state index is 13.9. The van der Waals surface area contributed by atoms with E-state index >= 15 is 0 Å². The van der Waals surface area contributed by atoms with E-state index in [-0.39, 0.29) is 22.7 Å². The van der Waals surface area contributed by atoms with Crippen molar-refractivity contribution in [2.24, 2.45) is 0 Å². The van der Waals surface area contributed by atoms with Crippen molar-refractivity contribution in [2.45, 2.75) is 0 Å². The molecule has 2 amide bonds. The highest BCUT2D eigenvalue weighted by Crippen LogP contribution is 2.29. The maximum atomic E-state index is 13.9. The molecular formula is C43H53N9O6. The molecule has 0 spiro atoms. The van der Waals surface area contributed by atoms with Crippen LogP contribution in [0.25, 0.3) is 43.6 Å². The molecule has 58 heavy (non-hydrogen) atoms.